The highest BCUT2D eigenvalue weighted by atomic mass is 16.5. The van der Waals surface area contributed by atoms with Gasteiger partial charge in [0.15, 0.2) is 0 Å². The van der Waals surface area contributed by atoms with Crippen LogP contribution in [-0.2, 0) is 5.60 Å². The summed E-state index contributed by atoms with van der Waals surface area (Å²) in [6.45, 7) is 8.08. The Hall–Kier alpha value is -1.06. The first-order chi connectivity index (χ1) is 7.90. The summed E-state index contributed by atoms with van der Waals surface area (Å²) in [6.07, 6.45) is 0.121. The highest BCUT2D eigenvalue weighted by Crippen LogP contribution is 2.30. The molecule has 0 fully saturated rings. The summed E-state index contributed by atoms with van der Waals surface area (Å²) in [7, 11) is 0. The molecule has 0 aliphatic rings. The smallest absolute Gasteiger partial charge is 0.120 e. The zero-order valence-electron chi connectivity index (χ0n) is 11.1. The SMILES string of the molecule is CC(C)Oc1cccc(C(O)(CN)C(C)C)c1. The fourth-order valence-electron chi connectivity index (χ4n) is 1.80. The van der Waals surface area contributed by atoms with Crippen molar-refractivity contribution in [1.82, 2.24) is 0 Å². The maximum atomic E-state index is 10.5. The Morgan fingerprint density at radius 3 is 2.41 bits per heavy atom. The van der Waals surface area contributed by atoms with Crippen LogP contribution in [0.2, 0.25) is 0 Å². The van der Waals surface area contributed by atoms with Crippen LogP contribution in [0.5, 0.6) is 5.75 Å². The molecule has 1 aromatic rings. The van der Waals surface area contributed by atoms with Crippen LogP contribution >= 0.6 is 0 Å². The average molecular weight is 237 g/mol. The van der Waals surface area contributed by atoms with E-state index < -0.39 is 5.60 Å². The average Bonchev–Trinajstić information content (AvgIpc) is 2.27. The number of ether oxygens (including phenoxy) is 1. The van der Waals surface area contributed by atoms with Crippen molar-refractivity contribution in [3.8, 4) is 5.75 Å². The molecule has 96 valence electrons. The zero-order valence-corrected chi connectivity index (χ0v) is 11.1. The van der Waals surface area contributed by atoms with Crippen molar-refractivity contribution in [2.24, 2.45) is 11.7 Å². The van der Waals surface area contributed by atoms with E-state index in [-0.39, 0.29) is 18.6 Å². The van der Waals surface area contributed by atoms with Gasteiger partial charge in [-0.25, -0.2) is 0 Å². The standard InChI is InChI=1S/C14H23NO2/c1-10(2)14(16,9-15)12-6-5-7-13(8-12)17-11(3)4/h5-8,10-11,16H,9,15H2,1-4H3. The molecule has 0 heterocycles. The largest absolute Gasteiger partial charge is 0.491 e. The molecule has 0 aromatic heterocycles. The molecule has 1 unspecified atom stereocenters. The monoisotopic (exact) mass is 237 g/mol. The van der Waals surface area contributed by atoms with Crippen LogP contribution < -0.4 is 10.5 Å². The molecule has 0 bridgehead atoms. The maximum absolute atomic E-state index is 10.5. The van der Waals surface area contributed by atoms with Gasteiger partial charge in [-0.1, -0.05) is 26.0 Å². The number of hydrogen-bond acceptors (Lipinski definition) is 3. The van der Waals surface area contributed by atoms with Crippen LogP contribution in [0.15, 0.2) is 24.3 Å². The van der Waals surface area contributed by atoms with Crippen molar-refractivity contribution in [3.05, 3.63) is 29.8 Å². The van der Waals surface area contributed by atoms with E-state index in [4.69, 9.17) is 10.5 Å². The summed E-state index contributed by atoms with van der Waals surface area (Å²) in [5, 5.41) is 10.5. The van der Waals surface area contributed by atoms with Crippen LogP contribution in [0, 0.1) is 5.92 Å². The van der Waals surface area contributed by atoms with Crippen molar-refractivity contribution in [1.29, 1.82) is 0 Å². The molecule has 1 aromatic carbocycles. The fourth-order valence-corrected chi connectivity index (χ4v) is 1.80. The summed E-state index contributed by atoms with van der Waals surface area (Å²) in [5.74, 6) is 0.826. The third-order valence-electron chi connectivity index (χ3n) is 2.97. The lowest BCUT2D eigenvalue weighted by Gasteiger charge is -2.31. The molecule has 17 heavy (non-hydrogen) atoms. The first-order valence-electron chi connectivity index (χ1n) is 6.09. The summed E-state index contributed by atoms with van der Waals surface area (Å²) >= 11 is 0. The van der Waals surface area contributed by atoms with Gasteiger partial charge >= 0.3 is 0 Å². The van der Waals surface area contributed by atoms with Crippen molar-refractivity contribution < 1.29 is 9.84 Å². The van der Waals surface area contributed by atoms with Gasteiger partial charge in [0.2, 0.25) is 0 Å². The molecular formula is C14H23NO2. The van der Waals surface area contributed by atoms with E-state index in [1.807, 2.05) is 52.0 Å². The van der Waals surface area contributed by atoms with Gasteiger partial charge in [0.05, 0.1) is 6.10 Å². The summed E-state index contributed by atoms with van der Waals surface area (Å²) in [6, 6.07) is 7.53. The molecule has 0 radical (unpaired) electrons. The number of aliphatic hydroxyl groups is 1. The molecule has 1 atom stereocenters. The van der Waals surface area contributed by atoms with Crippen molar-refractivity contribution in [2.45, 2.75) is 39.4 Å². The van der Waals surface area contributed by atoms with Crippen LogP contribution in [0.25, 0.3) is 0 Å². The molecule has 0 saturated carbocycles. The number of benzene rings is 1. The second kappa shape index (κ2) is 5.52. The van der Waals surface area contributed by atoms with Crippen LogP contribution in [0.3, 0.4) is 0 Å². The van der Waals surface area contributed by atoms with Gasteiger partial charge in [-0.15, -0.1) is 0 Å². The highest BCUT2D eigenvalue weighted by molar-refractivity contribution is 5.33. The summed E-state index contributed by atoms with van der Waals surface area (Å²) in [5.41, 5.74) is 5.52. The molecule has 1 rings (SSSR count). The third-order valence-corrected chi connectivity index (χ3v) is 2.97. The predicted octanol–water partition coefficient (Wildman–Crippen LogP) is 2.28. The van der Waals surface area contributed by atoms with Gasteiger partial charge < -0.3 is 15.6 Å². The maximum Gasteiger partial charge on any atom is 0.120 e. The van der Waals surface area contributed by atoms with E-state index in [0.29, 0.717) is 0 Å². The van der Waals surface area contributed by atoms with Gasteiger partial charge in [-0.05, 0) is 37.5 Å². The second-order valence-corrected chi connectivity index (χ2v) is 4.98. The Morgan fingerprint density at radius 1 is 1.29 bits per heavy atom. The lowest BCUT2D eigenvalue weighted by Crippen LogP contribution is -2.39. The van der Waals surface area contributed by atoms with E-state index in [1.54, 1.807) is 0 Å². The van der Waals surface area contributed by atoms with E-state index in [1.165, 1.54) is 0 Å². The molecule has 0 saturated heterocycles. The minimum atomic E-state index is -0.990. The van der Waals surface area contributed by atoms with Crippen LogP contribution in [0.1, 0.15) is 33.3 Å². The predicted molar refractivity (Wildman–Crippen MR) is 70.0 cm³/mol. The third kappa shape index (κ3) is 3.20. The van der Waals surface area contributed by atoms with E-state index >= 15 is 0 Å². The minimum Gasteiger partial charge on any atom is -0.491 e. The molecule has 3 N–H and O–H groups in total. The van der Waals surface area contributed by atoms with Gasteiger partial charge in [0.25, 0.3) is 0 Å². The Bertz CT molecular complexity index is 363. The molecular weight excluding hydrogens is 214 g/mol. The van der Waals surface area contributed by atoms with Crippen molar-refractivity contribution >= 4 is 0 Å². The van der Waals surface area contributed by atoms with E-state index in [9.17, 15) is 5.11 Å². The van der Waals surface area contributed by atoms with E-state index in [2.05, 4.69) is 0 Å². The van der Waals surface area contributed by atoms with Gasteiger partial charge in [-0.2, -0.15) is 0 Å². The van der Waals surface area contributed by atoms with Crippen molar-refractivity contribution in [2.75, 3.05) is 6.54 Å². The fraction of sp³-hybridized carbons (Fsp3) is 0.571. The van der Waals surface area contributed by atoms with Gasteiger partial charge in [-0.3, -0.25) is 0 Å². The normalized spacial score (nSPS) is 15.1. The van der Waals surface area contributed by atoms with Gasteiger partial charge in [0, 0.05) is 6.54 Å². The number of rotatable bonds is 5. The first-order valence-corrected chi connectivity index (χ1v) is 6.09. The summed E-state index contributed by atoms with van der Waals surface area (Å²) < 4.78 is 5.62. The Balaban J connectivity index is 3.05. The molecule has 0 aliphatic carbocycles. The lowest BCUT2D eigenvalue weighted by molar-refractivity contribution is -0.00140. The molecule has 3 heteroatoms. The second-order valence-electron chi connectivity index (χ2n) is 4.98. The quantitative estimate of drug-likeness (QED) is 0.826. The molecule has 0 amide bonds. The minimum absolute atomic E-state index is 0.0572. The van der Waals surface area contributed by atoms with Crippen LogP contribution in [-0.4, -0.2) is 17.8 Å². The summed E-state index contributed by atoms with van der Waals surface area (Å²) in [4.78, 5) is 0. The topological polar surface area (TPSA) is 55.5 Å². The van der Waals surface area contributed by atoms with Gasteiger partial charge in [0.1, 0.15) is 11.4 Å². The molecule has 0 aliphatic heterocycles. The molecule has 3 nitrogen and oxygen atoms in total. The van der Waals surface area contributed by atoms with Crippen molar-refractivity contribution in [3.63, 3.8) is 0 Å². The highest BCUT2D eigenvalue weighted by Gasteiger charge is 2.31. The molecule has 0 spiro atoms. The lowest BCUT2D eigenvalue weighted by atomic mass is 9.83. The first kappa shape index (κ1) is 14.0. The Kier molecular flexibility index (Phi) is 4.54. The number of nitrogens with two attached hydrogens (primary N) is 1. The number of hydrogen-bond donors (Lipinski definition) is 2. The Labute approximate surface area is 104 Å². The van der Waals surface area contributed by atoms with Crippen LogP contribution in [0.4, 0.5) is 0 Å². The zero-order chi connectivity index (χ0) is 13.1. The van der Waals surface area contributed by atoms with E-state index in [0.717, 1.165) is 11.3 Å². The Morgan fingerprint density at radius 2 is 1.94 bits per heavy atom.